The number of hydrogen-bond acceptors (Lipinski definition) is 1. The quantitative estimate of drug-likeness (QED) is 0.133. The minimum Gasteiger partial charge on any atom is -0.310 e. The molecule has 0 saturated carbocycles. The van der Waals surface area contributed by atoms with Crippen molar-refractivity contribution < 1.29 is 0 Å². The number of aromatic nitrogens is 1. The molecule has 0 N–H and O–H groups in total. The SMILES string of the molecule is c1ccc(-c2ccc(N(c3ccc(-c4cccc(-c5ccccc5)c4-c4ccccc4-c4ccccc4)cc3)c3cccc(-c4cccc5c4c4ccccc4n5-c4ccccc4)c3)cc2)cc1. The van der Waals surface area contributed by atoms with Crippen molar-refractivity contribution in [2.75, 3.05) is 4.90 Å². The Morgan fingerprint density at radius 3 is 1.34 bits per heavy atom. The van der Waals surface area contributed by atoms with Crippen LogP contribution in [0, 0.1) is 0 Å². The molecule has 11 aromatic carbocycles. The fourth-order valence-electron chi connectivity index (χ4n) is 10.1. The van der Waals surface area contributed by atoms with E-state index in [0.29, 0.717) is 0 Å². The highest BCUT2D eigenvalue weighted by atomic mass is 15.1. The highest BCUT2D eigenvalue weighted by Crippen LogP contribution is 2.46. The van der Waals surface area contributed by atoms with Crippen LogP contribution in [0.3, 0.4) is 0 Å². The highest BCUT2D eigenvalue weighted by Gasteiger charge is 2.21. The van der Waals surface area contributed by atoms with E-state index in [-0.39, 0.29) is 0 Å². The monoisotopic (exact) mass is 866 g/mol. The lowest BCUT2D eigenvalue weighted by Gasteiger charge is -2.27. The van der Waals surface area contributed by atoms with E-state index in [0.717, 1.165) is 33.9 Å². The molecule has 12 aromatic rings. The summed E-state index contributed by atoms with van der Waals surface area (Å²) < 4.78 is 2.39. The normalized spacial score (nSPS) is 11.2. The molecule has 0 amide bonds. The molecule has 0 spiro atoms. The van der Waals surface area contributed by atoms with Gasteiger partial charge in [0.1, 0.15) is 0 Å². The highest BCUT2D eigenvalue weighted by molar-refractivity contribution is 6.16. The van der Waals surface area contributed by atoms with Gasteiger partial charge in [0.05, 0.1) is 11.0 Å². The summed E-state index contributed by atoms with van der Waals surface area (Å²) in [6.45, 7) is 0. The van der Waals surface area contributed by atoms with E-state index in [2.05, 4.69) is 289 Å². The van der Waals surface area contributed by atoms with Gasteiger partial charge in [-0.3, -0.25) is 0 Å². The standard InChI is InChI=1S/C66H46N2/c1-5-20-47(21-6-1)48-38-42-54(43-39-48)67(56-29-17-26-52(46-56)60-35-19-37-64-66(60)62-32-15-16-36-63(62)68(64)53-27-11-4-12-28-53)55-44-40-51(41-45-55)59-34-18-33-58(50-24-9-3-10-25-50)65(59)61-31-14-13-30-57(61)49-22-7-2-8-23-49/h1-46H. The molecule has 2 heteroatoms. The van der Waals surface area contributed by atoms with Gasteiger partial charge >= 0.3 is 0 Å². The van der Waals surface area contributed by atoms with Gasteiger partial charge in [0, 0.05) is 33.5 Å². The summed E-state index contributed by atoms with van der Waals surface area (Å²) in [6, 6.07) is 101. The van der Waals surface area contributed by atoms with Gasteiger partial charge in [-0.15, -0.1) is 0 Å². The lowest BCUT2D eigenvalue weighted by Crippen LogP contribution is -2.10. The molecule has 1 aromatic heterocycles. The molecule has 0 aliphatic rings. The summed E-state index contributed by atoms with van der Waals surface area (Å²) in [4.78, 5) is 2.39. The van der Waals surface area contributed by atoms with Crippen LogP contribution >= 0.6 is 0 Å². The molecule has 0 fully saturated rings. The van der Waals surface area contributed by atoms with E-state index in [4.69, 9.17) is 0 Å². The zero-order chi connectivity index (χ0) is 45.2. The Morgan fingerprint density at radius 1 is 0.250 bits per heavy atom. The molecule has 68 heavy (non-hydrogen) atoms. The van der Waals surface area contributed by atoms with Crippen LogP contribution in [0.2, 0.25) is 0 Å². The van der Waals surface area contributed by atoms with Crippen molar-refractivity contribution in [1.29, 1.82) is 0 Å². The lowest BCUT2D eigenvalue weighted by molar-refractivity contribution is 1.18. The van der Waals surface area contributed by atoms with Crippen molar-refractivity contribution in [3.8, 4) is 72.4 Å². The number of nitrogens with zero attached hydrogens (tertiary/aromatic N) is 2. The van der Waals surface area contributed by atoms with Gasteiger partial charge in [0.15, 0.2) is 0 Å². The number of fused-ring (bicyclic) bond motifs is 3. The Labute approximate surface area is 397 Å². The molecule has 2 nitrogen and oxygen atoms in total. The Kier molecular flexibility index (Phi) is 10.6. The molecule has 0 radical (unpaired) electrons. The van der Waals surface area contributed by atoms with Crippen LogP contribution in [0.25, 0.3) is 94.3 Å². The van der Waals surface area contributed by atoms with Crippen molar-refractivity contribution in [3.05, 3.63) is 279 Å². The summed E-state index contributed by atoms with van der Waals surface area (Å²) in [7, 11) is 0. The molecule has 0 aliphatic carbocycles. The number of anilines is 3. The Balaban J connectivity index is 1.01. The second kappa shape index (κ2) is 17.8. The van der Waals surface area contributed by atoms with Crippen LogP contribution in [0.5, 0.6) is 0 Å². The summed E-state index contributed by atoms with van der Waals surface area (Å²) in [5.74, 6) is 0. The first-order chi connectivity index (χ1) is 33.8. The second-order valence-corrected chi connectivity index (χ2v) is 17.2. The van der Waals surface area contributed by atoms with Gasteiger partial charge in [0.25, 0.3) is 0 Å². The van der Waals surface area contributed by atoms with Gasteiger partial charge < -0.3 is 9.47 Å². The van der Waals surface area contributed by atoms with Crippen LogP contribution in [0.4, 0.5) is 17.1 Å². The molecular weight excluding hydrogens is 821 g/mol. The fraction of sp³-hybridized carbons (Fsp3) is 0. The van der Waals surface area contributed by atoms with Crippen molar-refractivity contribution in [3.63, 3.8) is 0 Å². The molecule has 320 valence electrons. The minimum absolute atomic E-state index is 1.07. The third kappa shape index (κ3) is 7.45. The summed E-state index contributed by atoms with van der Waals surface area (Å²) >= 11 is 0. The fourth-order valence-corrected chi connectivity index (χ4v) is 10.1. The zero-order valence-electron chi connectivity index (χ0n) is 37.5. The van der Waals surface area contributed by atoms with E-state index < -0.39 is 0 Å². The predicted molar refractivity (Wildman–Crippen MR) is 288 cm³/mol. The average molecular weight is 867 g/mol. The van der Waals surface area contributed by atoms with Crippen LogP contribution in [0.15, 0.2) is 279 Å². The van der Waals surface area contributed by atoms with Crippen LogP contribution in [-0.4, -0.2) is 4.57 Å². The maximum Gasteiger partial charge on any atom is 0.0547 e. The number of rotatable bonds is 10. The maximum absolute atomic E-state index is 2.39. The van der Waals surface area contributed by atoms with Gasteiger partial charge in [-0.1, -0.05) is 218 Å². The first-order valence-electron chi connectivity index (χ1n) is 23.3. The molecule has 12 rings (SSSR count). The molecule has 0 aliphatic heterocycles. The van der Waals surface area contributed by atoms with Crippen molar-refractivity contribution in [2.24, 2.45) is 0 Å². The third-order valence-corrected chi connectivity index (χ3v) is 13.2. The third-order valence-electron chi connectivity index (χ3n) is 13.2. The largest absolute Gasteiger partial charge is 0.310 e. The lowest BCUT2D eigenvalue weighted by atomic mass is 9.84. The van der Waals surface area contributed by atoms with Gasteiger partial charge in [-0.25, -0.2) is 0 Å². The van der Waals surface area contributed by atoms with Gasteiger partial charge in [-0.2, -0.15) is 0 Å². The van der Waals surface area contributed by atoms with E-state index in [1.165, 1.54) is 77.4 Å². The second-order valence-electron chi connectivity index (χ2n) is 17.2. The predicted octanol–water partition coefficient (Wildman–Crippen LogP) is 18.3. The summed E-state index contributed by atoms with van der Waals surface area (Å²) in [5, 5.41) is 2.48. The van der Waals surface area contributed by atoms with Gasteiger partial charge in [-0.05, 0) is 127 Å². The summed E-state index contributed by atoms with van der Waals surface area (Å²) in [6.07, 6.45) is 0. The van der Waals surface area contributed by atoms with Crippen LogP contribution < -0.4 is 4.90 Å². The zero-order valence-corrected chi connectivity index (χ0v) is 37.5. The number of para-hydroxylation sites is 2. The Morgan fingerprint density at radius 2 is 0.676 bits per heavy atom. The minimum atomic E-state index is 1.07. The molecule has 0 saturated heterocycles. The van der Waals surface area contributed by atoms with Crippen molar-refractivity contribution in [1.82, 2.24) is 4.57 Å². The first-order valence-corrected chi connectivity index (χ1v) is 23.3. The van der Waals surface area contributed by atoms with E-state index in [1.54, 1.807) is 0 Å². The maximum atomic E-state index is 2.39. The molecule has 0 bridgehead atoms. The van der Waals surface area contributed by atoms with Crippen LogP contribution in [-0.2, 0) is 0 Å². The summed E-state index contributed by atoms with van der Waals surface area (Å²) in [5.41, 5.74) is 21.1. The number of benzene rings is 11. The molecule has 1 heterocycles. The molecular formula is C66H46N2. The number of hydrogen-bond donors (Lipinski definition) is 0. The smallest absolute Gasteiger partial charge is 0.0547 e. The van der Waals surface area contributed by atoms with Crippen molar-refractivity contribution in [2.45, 2.75) is 0 Å². The first kappa shape index (κ1) is 40.5. The Hall–Kier alpha value is -8.98. The van der Waals surface area contributed by atoms with E-state index >= 15 is 0 Å². The van der Waals surface area contributed by atoms with E-state index in [9.17, 15) is 0 Å². The van der Waals surface area contributed by atoms with Crippen molar-refractivity contribution >= 4 is 38.9 Å². The van der Waals surface area contributed by atoms with Crippen LogP contribution in [0.1, 0.15) is 0 Å². The molecule has 0 unspecified atom stereocenters. The average Bonchev–Trinajstić information content (AvgIpc) is 3.77. The molecule has 0 atom stereocenters. The van der Waals surface area contributed by atoms with E-state index in [1.807, 2.05) is 0 Å². The topological polar surface area (TPSA) is 8.17 Å². The van der Waals surface area contributed by atoms with Gasteiger partial charge in [0.2, 0.25) is 0 Å². The Bertz CT molecular complexity index is 3690.